The molecule has 0 bridgehead atoms. The van der Waals surface area contributed by atoms with Gasteiger partial charge >= 0.3 is 0 Å². The smallest absolute Gasteiger partial charge is 0.0524 e. The van der Waals surface area contributed by atoms with Gasteiger partial charge < -0.3 is 15.3 Å². The summed E-state index contributed by atoms with van der Waals surface area (Å²) >= 11 is 0. The van der Waals surface area contributed by atoms with Gasteiger partial charge in [0.1, 0.15) is 0 Å². The fourth-order valence-corrected chi connectivity index (χ4v) is 1.17. The highest BCUT2D eigenvalue weighted by Gasteiger charge is 2.00. The lowest BCUT2D eigenvalue weighted by molar-refractivity contribution is 0.164. The number of rotatable bonds is 8. The first-order chi connectivity index (χ1) is 6.16. The molecule has 0 saturated heterocycles. The van der Waals surface area contributed by atoms with Crippen LogP contribution in [0.25, 0.3) is 0 Å². The standard InChI is InChI=1S/C10H24N2O/c1-4-11-7-5-8-12(3)9-6-10(2)13/h10-11,13H,4-9H2,1-3H3. The van der Waals surface area contributed by atoms with Crippen molar-refractivity contribution in [2.75, 3.05) is 33.2 Å². The average molecular weight is 188 g/mol. The topological polar surface area (TPSA) is 35.5 Å². The number of hydrogen-bond donors (Lipinski definition) is 2. The molecule has 1 atom stereocenters. The third-order valence-corrected chi connectivity index (χ3v) is 2.07. The molecule has 80 valence electrons. The van der Waals surface area contributed by atoms with Crippen LogP contribution < -0.4 is 5.32 Å². The Bertz CT molecular complexity index is 107. The highest BCUT2D eigenvalue weighted by atomic mass is 16.3. The van der Waals surface area contributed by atoms with Crippen LogP contribution in [0.4, 0.5) is 0 Å². The molecule has 3 nitrogen and oxygen atoms in total. The van der Waals surface area contributed by atoms with Crippen molar-refractivity contribution in [1.82, 2.24) is 10.2 Å². The van der Waals surface area contributed by atoms with Gasteiger partial charge in [-0.15, -0.1) is 0 Å². The molecule has 0 aliphatic rings. The minimum Gasteiger partial charge on any atom is -0.393 e. The summed E-state index contributed by atoms with van der Waals surface area (Å²) in [5.74, 6) is 0. The molecule has 0 heterocycles. The molecule has 0 rings (SSSR count). The van der Waals surface area contributed by atoms with Crippen LogP contribution >= 0.6 is 0 Å². The van der Waals surface area contributed by atoms with E-state index in [1.807, 2.05) is 6.92 Å². The van der Waals surface area contributed by atoms with Crippen LogP contribution in [0.5, 0.6) is 0 Å². The molecule has 0 radical (unpaired) electrons. The molecule has 0 aromatic carbocycles. The van der Waals surface area contributed by atoms with E-state index in [1.54, 1.807) is 0 Å². The molecule has 0 amide bonds. The SMILES string of the molecule is CCNCCCN(C)CCC(C)O. The minimum absolute atomic E-state index is 0.170. The Kier molecular flexibility index (Phi) is 8.40. The second-order valence-corrected chi connectivity index (χ2v) is 3.65. The predicted octanol–water partition coefficient (Wildman–Crippen LogP) is 0.689. The van der Waals surface area contributed by atoms with Crippen LogP contribution in [0.3, 0.4) is 0 Å². The maximum absolute atomic E-state index is 9.07. The van der Waals surface area contributed by atoms with E-state index in [1.165, 1.54) is 6.42 Å². The summed E-state index contributed by atoms with van der Waals surface area (Å²) in [5, 5.41) is 12.4. The van der Waals surface area contributed by atoms with E-state index in [9.17, 15) is 0 Å². The third-order valence-electron chi connectivity index (χ3n) is 2.07. The van der Waals surface area contributed by atoms with Gasteiger partial charge in [0, 0.05) is 6.54 Å². The van der Waals surface area contributed by atoms with Crippen molar-refractivity contribution in [3.05, 3.63) is 0 Å². The molecule has 0 aliphatic carbocycles. The molecular weight excluding hydrogens is 164 g/mol. The number of aliphatic hydroxyl groups excluding tert-OH is 1. The zero-order valence-electron chi connectivity index (χ0n) is 9.21. The first-order valence-electron chi connectivity index (χ1n) is 5.24. The van der Waals surface area contributed by atoms with Crippen LogP contribution in [-0.2, 0) is 0 Å². The predicted molar refractivity (Wildman–Crippen MR) is 57.0 cm³/mol. The number of aliphatic hydroxyl groups is 1. The monoisotopic (exact) mass is 188 g/mol. The van der Waals surface area contributed by atoms with Gasteiger partial charge in [-0.05, 0) is 46.4 Å². The zero-order chi connectivity index (χ0) is 10.1. The Morgan fingerprint density at radius 2 is 2.08 bits per heavy atom. The summed E-state index contributed by atoms with van der Waals surface area (Å²) in [4.78, 5) is 2.27. The van der Waals surface area contributed by atoms with E-state index in [4.69, 9.17) is 5.11 Å². The van der Waals surface area contributed by atoms with Crippen molar-refractivity contribution in [3.8, 4) is 0 Å². The molecular formula is C10H24N2O. The van der Waals surface area contributed by atoms with Gasteiger partial charge in [0.15, 0.2) is 0 Å². The van der Waals surface area contributed by atoms with Crippen LogP contribution in [-0.4, -0.2) is 49.3 Å². The normalized spacial score (nSPS) is 13.6. The second-order valence-electron chi connectivity index (χ2n) is 3.65. The lowest BCUT2D eigenvalue weighted by Gasteiger charge is -2.17. The third kappa shape index (κ3) is 9.80. The fourth-order valence-electron chi connectivity index (χ4n) is 1.17. The average Bonchev–Trinajstić information content (AvgIpc) is 2.09. The van der Waals surface area contributed by atoms with E-state index >= 15 is 0 Å². The summed E-state index contributed by atoms with van der Waals surface area (Å²) < 4.78 is 0. The van der Waals surface area contributed by atoms with Crippen molar-refractivity contribution in [3.63, 3.8) is 0 Å². The van der Waals surface area contributed by atoms with Gasteiger partial charge in [-0.1, -0.05) is 6.92 Å². The molecule has 0 fully saturated rings. The zero-order valence-corrected chi connectivity index (χ0v) is 9.21. The molecule has 0 aromatic rings. The van der Waals surface area contributed by atoms with Crippen LogP contribution in [0.15, 0.2) is 0 Å². The molecule has 0 aliphatic heterocycles. The Balaban J connectivity index is 3.15. The number of nitrogens with one attached hydrogen (secondary N) is 1. The minimum atomic E-state index is -0.170. The molecule has 0 aromatic heterocycles. The Morgan fingerprint density at radius 1 is 1.38 bits per heavy atom. The van der Waals surface area contributed by atoms with Gasteiger partial charge in [0.25, 0.3) is 0 Å². The van der Waals surface area contributed by atoms with Gasteiger partial charge in [-0.3, -0.25) is 0 Å². The maximum atomic E-state index is 9.07. The number of hydrogen-bond acceptors (Lipinski definition) is 3. The van der Waals surface area contributed by atoms with E-state index < -0.39 is 0 Å². The summed E-state index contributed by atoms with van der Waals surface area (Å²) in [6.45, 7) is 8.21. The summed E-state index contributed by atoms with van der Waals surface area (Å²) in [7, 11) is 2.11. The van der Waals surface area contributed by atoms with Gasteiger partial charge in [-0.25, -0.2) is 0 Å². The van der Waals surface area contributed by atoms with Crippen molar-refractivity contribution >= 4 is 0 Å². The van der Waals surface area contributed by atoms with Crippen molar-refractivity contribution < 1.29 is 5.11 Å². The Hall–Kier alpha value is -0.120. The van der Waals surface area contributed by atoms with Crippen LogP contribution in [0.2, 0.25) is 0 Å². The number of nitrogens with zero attached hydrogens (tertiary/aromatic N) is 1. The highest BCUT2D eigenvalue weighted by molar-refractivity contribution is 4.56. The quantitative estimate of drug-likeness (QED) is 0.550. The highest BCUT2D eigenvalue weighted by Crippen LogP contribution is 1.93. The summed E-state index contributed by atoms with van der Waals surface area (Å²) in [6, 6.07) is 0. The van der Waals surface area contributed by atoms with Crippen molar-refractivity contribution in [2.45, 2.75) is 32.8 Å². The van der Waals surface area contributed by atoms with Crippen LogP contribution in [0, 0.1) is 0 Å². The lowest BCUT2D eigenvalue weighted by atomic mass is 10.2. The van der Waals surface area contributed by atoms with E-state index in [0.717, 1.165) is 32.6 Å². The molecule has 0 spiro atoms. The van der Waals surface area contributed by atoms with Gasteiger partial charge in [0.2, 0.25) is 0 Å². The van der Waals surface area contributed by atoms with Gasteiger partial charge in [-0.2, -0.15) is 0 Å². The molecule has 3 heteroatoms. The summed E-state index contributed by atoms with van der Waals surface area (Å²) in [6.07, 6.45) is 1.89. The summed E-state index contributed by atoms with van der Waals surface area (Å²) in [5.41, 5.74) is 0. The lowest BCUT2D eigenvalue weighted by Crippen LogP contribution is -2.26. The second kappa shape index (κ2) is 8.48. The van der Waals surface area contributed by atoms with Crippen LogP contribution in [0.1, 0.15) is 26.7 Å². The Labute approximate surface area is 82.1 Å². The first kappa shape index (κ1) is 12.9. The van der Waals surface area contributed by atoms with Crippen molar-refractivity contribution in [2.24, 2.45) is 0 Å². The van der Waals surface area contributed by atoms with Crippen molar-refractivity contribution in [1.29, 1.82) is 0 Å². The molecule has 2 N–H and O–H groups in total. The Morgan fingerprint density at radius 3 is 2.62 bits per heavy atom. The van der Waals surface area contributed by atoms with Gasteiger partial charge in [0.05, 0.1) is 6.10 Å². The molecule has 13 heavy (non-hydrogen) atoms. The first-order valence-corrected chi connectivity index (χ1v) is 5.24. The molecule has 0 saturated carbocycles. The van der Waals surface area contributed by atoms with E-state index in [-0.39, 0.29) is 6.10 Å². The maximum Gasteiger partial charge on any atom is 0.0524 e. The van der Waals surface area contributed by atoms with E-state index in [2.05, 4.69) is 24.2 Å². The largest absolute Gasteiger partial charge is 0.393 e. The van der Waals surface area contributed by atoms with E-state index in [0.29, 0.717) is 0 Å². The molecule has 1 unspecified atom stereocenters. The fraction of sp³-hybridized carbons (Fsp3) is 1.00.